The Morgan fingerprint density at radius 1 is 1.08 bits per heavy atom. The number of carbonyl (C=O) groups excluding carboxylic acids is 1. The van der Waals surface area contributed by atoms with Crippen LogP contribution < -0.4 is 4.90 Å². The molecule has 1 aliphatic rings. The van der Waals surface area contributed by atoms with Gasteiger partial charge in [0.15, 0.2) is 0 Å². The topological polar surface area (TPSA) is 57.7 Å². The fourth-order valence-electron chi connectivity index (χ4n) is 2.99. The van der Waals surface area contributed by atoms with Crippen LogP contribution in [0.2, 0.25) is 0 Å². The number of anilines is 1. The van der Waals surface area contributed by atoms with E-state index in [1.807, 2.05) is 44.2 Å². The minimum atomic E-state index is -3.56. The van der Waals surface area contributed by atoms with Crippen LogP contribution in [0.15, 0.2) is 58.3 Å². The van der Waals surface area contributed by atoms with Crippen LogP contribution in [0.5, 0.6) is 0 Å². The molecule has 7 heteroatoms. The highest BCUT2D eigenvalue weighted by Crippen LogP contribution is 2.38. The summed E-state index contributed by atoms with van der Waals surface area (Å²) in [5, 5.41) is 0. The highest BCUT2D eigenvalue weighted by Gasteiger charge is 2.28. The number of fused-ring (bicyclic) bond motifs is 1. The second-order valence-electron chi connectivity index (χ2n) is 5.97. The highest BCUT2D eigenvalue weighted by atomic mass is 32.2. The third kappa shape index (κ3) is 3.65. The summed E-state index contributed by atoms with van der Waals surface area (Å²) in [5.74, 6) is 0.353. The summed E-state index contributed by atoms with van der Waals surface area (Å²) in [6, 6.07) is 14.8. The number of hydrogen-bond acceptors (Lipinski definition) is 4. The van der Waals surface area contributed by atoms with Crippen LogP contribution in [0.25, 0.3) is 0 Å². The van der Waals surface area contributed by atoms with Crippen molar-refractivity contribution in [2.45, 2.75) is 30.2 Å². The average molecular weight is 391 g/mol. The molecule has 0 atom stereocenters. The normalized spacial score (nSPS) is 14.6. The second kappa shape index (κ2) is 7.82. The van der Waals surface area contributed by atoms with E-state index in [2.05, 4.69) is 0 Å². The fourth-order valence-corrected chi connectivity index (χ4v) is 5.39. The maximum Gasteiger partial charge on any atom is 0.243 e. The van der Waals surface area contributed by atoms with Crippen molar-refractivity contribution < 1.29 is 13.2 Å². The number of rotatable bonds is 6. The molecule has 2 aromatic carbocycles. The Bertz CT molecular complexity index is 894. The van der Waals surface area contributed by atoms with Gasteiger partial charge in [0.25, 0.3) is 0 Å². The lowest BCUT2D eigenvalue weighted by atomic mass is 10.2. The van der Waals surface area contributed by atoms with Gasteiger partial charge in [-0.15, -0.1) is 11.8 Å². The maximum atomic E-state index is 12.8. The van der Waals surface area contributed by atoms with Crippen LogP contribution >= 0.6 is 11.8 Å². The minimum absolute atomic E-state index is 0.0104. The summed E-state index contributed by atoms with van der Waals surface area (Å²) in [5.41, 5.74) is 1.68. The lowest BCUT2D eigenvalue weighted by Gasteiger charge is -2.30. The summed E-state index contributed by atoms with van der Waals surface area (Å²) >= 11 is 1.45. The van der Waals surface area contributed by atoms with Gasteiger partial charge in [-0.2, -0.15) is 4.31 Å². The number of amides is 1. The number of sulfonamides is 1. The summed E-state index contributed by atoms with van der Waals surface area (Å²) in [7, 11) is -3.56. The van der Waals surface area contributed by atoms with Crippen molar-refractivity contribution >= 4 is 33.4 Å². The molecule has 1 amide bonds. The molecule has 0 N–H and O–H groups in total. The van der Waals surface area contributed by atoms with E-state index in [0.717, 1.165) is 10.5 Å². The molecule has 1 aliphatic heterocycles. The quantitative estimate of drug-likeness (QED) is 0.759. The van der Waals surface area contributed by atoms with Crippen LogP contribution in [-0.4, -0.2) is 37.5 Å². The van der Waals surface area contributed by atoms with Gasteiger partial charge in [0, 0.05) is 18.0 Å². The largest absolute Gasteiger partial charge is 0.306 e. The lowest BCUT2D eigenvalue weighted by Crippen LogP contribution is -2.35. The second-order valence-corrected chi connectivity index (χ2v) is 8.93. The van der Waals surface area contributed by atoms with E-state index < -0.39 is 10.0 Å². The zero-order chi connectivity index (χ0) is 18.7. The van der Waals surface area contributed by atoms with Gasteiger partial charge in [-0.1, -0.05) is 44.2 Å². The monoisotopic (exact) mass is 390 g/mol. The van der Waals surface area contributed by atoms with E-state index in [1.54, 1.807) is 23.1 Å². The van der Waals surface area contributed by atoms with Crippen molar-refractivity contribution in [3.8, 4) is 0 Å². The number of carbonyl (C=O) groups is 1. The fraction of sp³-hybridized carbons (Fsp3) is 0.316. The molecule has 5 nitrogen and oxygen atoms in total. The van der Waals surface area contributed by atoms with Crippen molar-refractivity contribution in [2.24, 2.45) is 0 Å². The van der Waals surface area contributed by atoms with E-state index in [9.17, 15) is 13.2 Å². The van der Waals surface area contributed by atoms with E-state index >= 15 is 0 Å². The van der Waals surface area contributed by atoms with Crippen LogP contribution in [-0.2, 0) is 21.4 Å². The van der Waals surface area contributed by atoms with Crippen LogP contribution in [0.1, 0.15) is 19.4 Å². The zero-order valence-corrected chi connectivity index (χ0v) is 16.5. The summed E-state index contributed by atoms with van der Waals surface area (Å²) in [4.78, 5) is 15.4. The van der Waals surface area contributed by atoms with Gasteiger partial charge in [-0.05, 0) is 23.8 Å². The Morgan fingerprint density at radius 2 is 1.77 bits per heavy atom. The Balaban J connectivity index is 2.02. The summed E-state index contributed by atoms with van der Waals surface area (Å²) < 4.78 is 27.1. The third-order valence-corrected chi connectivity index (χ3v) is 7.49. The van der Waals surface area contributed by atoms with E-state index in [4.69, 9.17) is 0 Å². The number of hydrogen-bond donors (Lipinski definition) is 0. The third-order valence-electron chi connectivity index (χ3n) is 4.40. The van der Waals surface area contributed by atoms with Crippen molar-refractivity contribution in [3.05, 3.63) is 54.1 Å². The molecule has 0 spiro atoms. The molecule has 138 valence electrons. The van der Waals surface area contributed by atoms with E-state index in [1.165, 1.54) is 16.1 Å². The molecule has 2 aromatic rings. The van der Waals surface area contributed by atoms with Crippen molar-refractivity contribution in [1.82, 2.24) is 4.31 Å². The summed E-state index contributed by atoms with van der Waals surface area (Å²) in [6.45, 7) is 4.90. The van der Waals surface area contributed by atoms with E-state index in [0.29, 0.717) is 31.1 Å². The molecule has 0 saturated carbocycles. The molecule has 0 bridgehead atoms. The first-order valence-electron chi connectivity index (χ1n) is 8.58. The number of benzene rings is 2. The van der Waals surface area contributed by atoms with Gasteiger partial charge < -0.3 is 4.90 Å². The molecule has 3 rings (SSSR count). The Hall–Kier alpha value is -1.83. The molecule has 0 radical (unpaired) electrons. The first kappa shape index (κ1) is 18.9. The van der Waals surface area contributed by atoms with Gasteiger partial charge in [-0.25, -0.2) is 8.42 Å². The molecule has 0 fully saturated rings. The van der Waals surface area contributed by atoms with Crippen molar-refractivity contribution in [2.75, 3.05) is 23.7 Å². The van der Waals surface area contributed by atoms with Gasteiger partial charge in [0.05, 0.1) is 22.9 Å². The zero-order valence-electron chi connectivity index (χ0n) is 14.9. The molecule has 0 unspecified atom stereocenters. The average Bonchev–Trinajstić information content (AvgIpc) is 2.65. The predicted octanol–water partition coefficient (Wildman–Crippen LogP) is 3.36. The Labute approximate surface area is 159 Å². The molecule has 26 heavy (non-hydrogen) atoms. The van der Waals surface area contributed by atoms with Gasteiger partial charge in [0.1, 0.15) is 0 Å². The Kier molecular flexibility index (Phi) is 5.70. The minimum Gasteiger partial charge on any atom is -0.306 e. The van der Waals surface area contributed by atoms with Crippen LogP contribution in [0.3, 0.4) is 0 Å². The Morgan fingerprint density at radius 3 is 2.42 bits per heavy atom. The standard InChI is InChI=1S/C19H22N2O3S2/c1-3-20(4-2)26(23,24)16-10-11-18-17(12-16)21(19(22)14-25-18)13-15-8-6-5-7-9-15/h5-12H,3-4,13-14H2,1-2H3. The molecule has 0 aliphatic carbocycles. The first-order valence-corrected chi connectivity index (χ1v) is 11.0. The molecule has 0 saturated heterocycles. The van der Waals surface area contributed by atoms with Crippen molar-refractivity contribution in [1.29, 1.82) is 0 Å². The molecular formula is C19H22N2O3S2. The van der Waals surface area contributed by atoms with Crippen LogP contribution in [0, 0.1) is 0 Å². The number of nitrogens with zero attached hydrogens (tertiary/aromatic N) is 2. The van der Waals surface area contributed by atoms with E-state index in [-0.39, 0.29) is 10.8 Å². The van der Waals surface area contributed by atoms with Crippen LogP contribution in [0.4, 0.5) is 5.69 Å². The predicted molar refractivity (Wildman–Crippen MR) is 105 cm³/mol. The smallest absolute Gasteiger partial charge is 0.243 e. The first-order chi connectivity index (χ1) is 12.5. The lowest BCUT2D eigenvalue weighted by molar-refractivity contribution is -0.116. The van der Waals surface area contributed by atoms with Gasteiger partial charge >= 0.3 is 0 Å². The molecule has 0 aromatic heterocycles. The molecule has 1 heterocycles. The van der Waals surface area contributed by atoms with Crippen molar-refractivity contribution in [3.63, 3.8) is 0 Å². The van der Waals surface area contributed by atoms with Gasteiger partial charge in [0.2, 0.25) is 15.9 Å². The SMILES string of the molecule is CCN(CC)S(=O)(=O)c1ccc2c(c1)N(Cc1ccccc1)C(=O)CS2. The maximum absolute atomic E-state index is 12.8. The molecular weight excluding hydrogens is 368 g/mol. The van der Waals surface area contributed by atoms with Gasteiger partial charge in [-0.3, -0.25) is 4.79 Å². The highest BCUT2D eigenvalue weighted by molar-refractivity contribution is 8.00. The number of thioether (sulfide) groups is 1. The summed E-state index contributed by atoms with van der Waals surface area (Å²) in [6.07, 6.45) is 0.